The Kier molecular flexibility index (Phi) is 5.14. The fraction of sp³-hybridized carbons (Fsp3) is 0.357. The molecule has 7 nitrogen and oxygen atoms in total. The zero-order chi connectivity index (χ0) is 15.1. The van der Waals surface area contributed by atoms with Crippen LogP contribution in [0.3, 0.4) is 0 Å². The highest BCUT2D eigenvalue weighted by Crippen LogP contribution is 2.22. The summed E-state index contributed by atoms with van der Waals surface area (Å²) in [7, 11) is 0. The summed E-state index contributed by atoms with van der Waals surface area (Å²) in [5, 5.41) is 0. The Balaban J connectivity index is 2.07. The van der Waals surface area contributed by atoms with Crippen molar-refractivity contribution in [3.05, 3.63) is 24.3 Å². The van der Waals surface area contributed by atoms with Crippen molar-refractivity contribution < 1.29 is 14.2 Å². The number of rotatable bonds is 7. The molecule has 0 saturated carbocycles. The first kappa shape index (κ1) is 14.8. The second-order valence-electron chi connectivity index (χ2n) is 4.11. The van der Waals surface area contributed by atoms with Crippen molar-refractivity contribution >= 4 is 5.95 Å². The number of nitrogens with zero attached hydrogens (tertiary/aromatic N) is 3. The van der Waals surface area contributed by atoms with Crippen LogP contribution in [0.2, 0.25) is 0 Å². The predicted molar refractivity (Wildman–Crippen MR) is 77.7 cm³/mol. The quantitative estimate of drug-likeness (QED) is 0.837. The van der Waals surface area contributed by atoms with E-state index in [0.717, 1.165) is 12.2 Å². The average Bonchev–Trinajstić information content (AvgIpc) is 2.46. The number of benzene rings is 1. The van der Waals surface area contributed by atoms with Crippen LogP contribution >= 0.6 is 0 Å². The van der Waals surface area contributed by atoms with E-state index >= 15 is 0 Å². The standard InChI is InChI=1S/C14H18N4O3/c1-3-9-20-10-5-7-11(8-6-10)21-14-17-12(15)16-13(18-14)19-4-2/h5-8H,3-4,9H2,1-2H3,(H2,15,16,17,18). The summed E-state index contributed by atoms with van der Waals surface area (Å²) in [5.74, 6) is 1.41. The van der Waals surface area contributed by atoms with Crippen LogP contribution in [-0.4, -0.2) is 28.2 Å². The lowest BCUT2D eigenvalue weighted by Crippen LogP contribution is -2.04. The molecule has 1 aromatic heterocycles. The van der Waals surface area contributed by atoms with Crippen molar-refractivity contribution in [1.82, 2.24) is 15.0 Å². The summed E-state index contributed by atoms with van der Waals surface area (Å²) in [4.78, 5) is 11.8. The molecule has 0 unspecified atom stereocenters. The monoisotopic (exact) mass is 290 g/mol. The molecule has 7 heteroatoms. The summed E-state index contributed by atoms with van der Waals surface area (Å²) >= 11 is 0. The second kappa shape index (κ2) is 7.28. The zero-order valence-electron chi connectivity index (χ0n) is 12.1. The molecule has 2 aromatic rings. The van der Waals surface area contributed by atoms with Gasteiger partial charge < -0.3 is 19.9 Å². The van der Waals surface area contributed by atoms with Gasteiger partial charge in [-0.05, 0) is 37.6 Å². The molecular formula is C14H18N4O3. The Morgan fingerprint density at radius 2 is 1.57 bits per heavy atom. The third-order valence-corrected chi connectivity index (χ3v) is 2.39. The topological polar surface area (TPSA) is 92.4 Å². The van der Waals surface area contributed by atoms with Gasteiger partial charge >= 0.3 is 12.0 Å². The van der Waals surface area contributed by atoms with Crippen LogP contribution in [0, 0.1) is 0 Å². The summed E-state index contributed by atoms with van der Waals surface area (Å²) in [6.07, 6.45) is 0.961. The molecular weight excluding hydrogens is 272 g/mol. The average molecular weight is 290 g/mol. The van der Waals surface area contributed by atoms with Gasteiger partial charge in [0.2, 0.25) is 5.95 Å². The second-order valence-corrected chi connectivity index (χ2v) is 4.11. The van der Waals surface area contributed by atoms with Crippen molar-refractivity contribution in [1.29, 1.82) is 0 Å². The molecule has 0 aliphatic rings. The molecule has 1 heterocycles. The number of nitrogens with two attached hydrogens (primary N) is 1. The Labute approximate surface area is 123 Å². The molecule has 2 rings (SSSR count). The molecule has 0 bridgehead atoms. The van der Waals surface area contributed by atoms with E-state index in [1.807, 2.05) is 19.1 Å². The van der Waals surface area contributed by atoms with Crippen LogP contribution in [0.1, 0.15) is 20.3 Å². The summed E-state index contributed by atoms with van der Waals surface area (Å²) in [6.45, 7) is 5.00. The number of hydrogen-bond acceptors (Lipinski definition) is 7. The number of anilines is 1. The molecule has 21 heavy (non-hydrogen) atoms. The van der Waals surface area contributed by atoms with Gasteiger partial charge in [-0.1, -0.05) is 6.92 Å². The van der Waals surface area contributed by atoms with Crippen LogP contribution in [0.4, 0.5) is 5.95 Å². The smallest absolute Gasteiger partial charge is 0.330 e. The summed E-state index contributed by atoms with van der Waals surface area (Å²) in [5.41, 5.74) is 5.58. The van der Waals surface area contributed by atoms with E-state index in [-0.39, 0.29) is 18.0 Å². The zero-order valence-corrected chi connectivity index (χ0v) is 12.1. The van der Waals surface area contributed by atoms with E-state index < -0.39 is 0 Å². The van der Waals surface area contributed by atoms with Gasteiger partial charge in [0.25, 0.3) is 0 Å². The van der Waals surface area contributed by atoms with Gasteiger partial charge in [0.05, 0.1) is 13.2 Å². The number of ether oxygens (including phenoxy) is 3. The Hall–Kier alpha value is -2.57. The minimum Gasteiger partial charge on any atom is -0.494 e. The normalized spacial score (nSPS) is 10.2. The van der Waals surface area contributed by atoms with Crippen LogP contribution in [0.25, 0.3) is 0 Å². The van der Waals surface area contributed by atoms with Gasteiger partial charge in [0.15, 0.2) is 0 Å². The third kappa shape index (κ3) is 4.48. The van der Waals surface area contributed by atoms with Crippen molar-refractivity contribution in [3.8, 4) is 23.5 Å². The van der Waals surface area contributed by atoms with Crippen LogP contribution < -0.4 is 19.9 Å². The minimum atomic E-state index is 0.0475. The summed E-state index contributed by atoms with van der Waals surface area (Å²) in [6, 6.07) is 7.41. The van der Waals surface area contributed by atoms with Crippen molar-refractivity contribution in [2.45, 2.75) is 20.3 Å². The molecule has 0 aliphatic heterocycles. The SMILES string of the molecule is CCCOc1ccc(Oc2nc(N)nc(OCC)n2)cc1. The lowest BCUT2D eigenvalue weighted by Gasteiger charge is -2.08. The van der Waals surface area contributed by atoms with Gasteiger partial charge in [0.1, 0.15) is 11.5 Å². The van der Waals surface area contributed by atoms with Gasteiger partial charge in [0, 0.05) is 0 Å². The third-order valence-electron chi connectivity index (χ3n) is 2.39. The van der Waals surface area contributed by atoms with Crippen molar-refractivity contribution in [2.75, 3.05) is 18.9 Å². The van der Waals surface area contributed by atoms with Gasteiger partial charge in [-0.2, -0.15) is 9.97 Å². The fourth-order valence-electron chi connectivity index (χ4n) is 1.52. The first-order valence-electron chi connectivity index (χ1n) is 6.76. The van der Waals surface area contributed by atoms with Crippen LogP contribution in [0.15, 0.2) is 24.3 Å². The maximum atomic E-state index is 5.58. The fourth-order valence-corrected chi connectivity index (χ4v) is 1.52. The van der Waals surface area contributed by atoms with E-state index in [1.54, 1.807) is 12.1 Å². The van der Waals surface area contributed by atoms with Crippen molar-refractivity contribution in [2.24, 2.45) is 0 Å². The van der Waals surface area contributed by atoms with Gasteiger partial charge in [-0.3, -0.25) is 0 Å². The van der Waals surface area contributed by atoms with Crippen molar-refractivity contribution in [3.63, 3.8) is 0 Å². The molecule has 0 spiro atoms. The molecule has 0 amide bonds. The number of nitrogen functional groups attached to an aromatic ring is 1. The Morgan fingerprint density at radius 1 is 0.905 bits per heavy atom. The molecule has 0 fully saturated rings. The maximum Gasteiger partial charge on any atom is 0.330 e. The van der Waals surface area contributed by atoms with Crippen LogP contribution in [-0.2, 0) is 0 Å². The Morgan fingerprint density at radius 3 is 2.24 bits per heavy atom. The molecule has 2 N–H and O–H groups in total. The van der Waals surface area contributed by atoms with Gasteiger partial charge in [-0.25, -0.2) is 0 Å². The summed E-state index contributed by atoms with van der Waals surface area (Å²) < 4.78 is 16.2. The lowest BCUT2D eigenvalue weighted by molar-refractivity contribution is 0.303. The van der Waals surface area contributed by atoms with E-state index in [0.29, 0.717) is 19.0 Å². The molecule has 1 aromatic carbocycles. The number of hydrogen-bond donors (Lipinski definition) is 1. The van der Waals surface area contributed by atoms with E-state index in [4.69, 9.17) is 19.9 Å². The number of aromatic nitrogens is 3. The minimum absolute atomic E-state index is 0.0475. The highest BCUT2D eigenvalue weighted by atomic mass is 16.5. The molecule has 0 radical (unpaired) electrons. The Bertz CT molecular complexity index is 575. The largest absolute Gasteiger partial charge is 0.494 e. The highest BCUT2D eigenvalue weighted by Gasteiger charge is 2.07. The van der Waals surface area contributed by atoms with Gasteiger partial charge in [-0.15, -0.1) is 4.98 Å². The van der Waals surface area contributed by atoms with E-state index in [1.165, 1.54) is 0 Å². The molecule has 0 atom stereocenters. The predicted octanol–water partition coefficient (Wildman–Crippen LogP) is 2.43. The first-order valence-corrected chi connectivity index (χ1v) is 6.76. The lowest BCUT2D eigenvalue weighted by atomic mass is 10.3. The van der Waals surface area contributed by atoms with E-state index in [2.05, 4.69) is 21.9 Å². The van der Waals surface area contributed by atoms with Crippen LogP contribution in [0.5, 0.6) is 23.5 Å². The maximum absolute atomic E-state index is 5.58. The van der Waals surface area contributed by atoms with E-state index in [9.17, 15) is 0 Å². The molecule has 0 saturated heterocycles. The highest BCUT2D eigenvalue weighted by molar-refractivity contribution is 5.33. The molecule has 112 valence electrons. The molecule has 0 aliphatic carbocycles. The first-order chi connectivity index (χ1) is 10.2.